The third kappa shape index (κ3) is 5.41. The molecular weight excluding hydrogens is 464 g/mol. The lowest BCUT2D eigenvalue weighted by Gasteiger charge is -2.35. The van der Waals surface area contributed by atoms with Crippen LogP contribution in [-0.2, 0) is 11.3 Å². The summed E-state index contributed by atoms with van der Waals surface area (Å²) < 4.78 is 7.64. The Hall–Kier alpha value is -3.58. The summed E-state index contributed by atoms with van der Waals surface area (Å²) in [5.74, 6) is 0.529. The standard InChI is InChI=1S/C25H30N6O3S/c1-25(2,3)34-24(33)28-18-10-7-11-30(14-18)23-29-20-19(27-4)15-35-21(20)22(32)31(23)13-17-9-6-5-8-16(17)12-26/h5-6,8-9,15,18,27H,7,10-11,13-14H2,1-4H3,(H,28,33)/t18-/m1/s1. The van der Waals surface area contributed by atoms with Crippen molar-refractivity contribution in [3.63, 3.8) is 0 Å². The zero-order valence-corrected chi connectivity index (χ0v) is 21.2. The number of thiophene rings is 1. The zero-order valence-electron chi connectivity index (χ0n) is 20.4. The molecule has 0 saturated carbocycles. The van der Waals surface area contributed by atoms with Gasteiger partial charge in [0.05, 0.1) is 23.9 Å². The molecule has 0 radical (unpaired) electrons. The van der Waals surface area contributed by atoms with Crippen molar-refractivity contribution in [2.45, 2.75) is 51.8 Å². The smallest absolute Gasteiger partial charge is 0.407 e. The van der Waals surface area contributed by atoms with Crippen molar-refractivity contribution in [1.29, 1.82) is 5.26 Å². The Kier molecular flexibility index (Phi) is 6.98. The van der Waals surface area contributed by atoms with Gasteiger partial charge in [0.25, 0.3) is 5.56 Å². The topological polar surface area (TPSA) is 112 Å². The first kappa shape index (κ1) is 24.5. The minimum absolute atomic E-state index is 0.141. The van der Waals surface area contributed by atoms with Gasteiger partial charge in [-0.15, -0.1) is 11.3 Å². The number of piperidine rings is 1. The summed E-state index contributed by atoms with van der Waals surface area (Å²) in [6.07, 6.45) is 1.18. The van der Waals surface area contributed by atoms with E-state index in [9.17, 15) is 14.9 Å². The quantitative estimate of drug-likeness (QED) is 0.553. The van der Waals surface area contributed by atoms with Gasteiger partial charge in [0.2, 0.25) is 5.95 Å². The molecule has 2 N–H and O–H groups in total. The number of amides is 1. The number of anilines is 2. The normalized spacial score (nSPS) is 16.1. The molecule has 3 aromatic rings. The van der Waals surface area contributed by atoms with Gasteiger partial charge in [-0.2, -0.15) is 5.26 Å². The Morgan fingerprint density at radius 3 is 2.83 bits per heavy atom. The van der Waals surface area contributed by atoms with Gasteiger partial charge in [-0.05, 0) is 45.2 Å². The second-order valence-electron chi connectivity index (χ2n) is 9.58. The molecule has 1 fully saturated rings. The minimum Gasteiger partial charge on any atom is -0.444 e. The molecule has 184 valence electrons. The molecule has 35 heavy (non-hydrogen) atoms. The second kappa shape index (κ2) is 9.96. The molecule has 0 unspecified atom stereocenters. The molecule has 10 heteroatoms. The van der Waals surface area contributed by atoms with Gasteiger partial charge in [0.1, 0.15) is 15.8 Å². The summed E-state index contributed by atoms with van der Waals surface area (Å²) >= 11 is 1.35. The van der Waals surface area contributed by atoms with Gasteiger partial charge in [-0.25, -0.2) is 9.78 Å². The average Bonchev–Trinajstić information content (AvgIpc) is 3.23. The summed E-state index contributed by atoms with van der Waals surface area (Å²) in [5, 5.41) is 17.5. The number of fused-ring (bicyclic) bond motifs is 1. The van der Waals surface area contributed by atoms with Crippen LogP contribution in [0.3, 0.4) is 0 Å². The highest BCUT2D eigenvalue weighted by Crippen LogP contribution is 2.29. The Morgan fingerprint density at radius 1 is 1.34 bits per heavy atom. The fourth-order valence-corrected chi connectivity index (χ4v) is 5.18. The summed E-state index contributed by atoms with van der Waals surface area (Å²) in [6.45, 7) is 6.92. The molecule has 1 saturated heterocycles. The van der Waals surface area contributed by atoms with Gasteiger partial charge in [0.15, 0.2) is 0 Å². The van der Waals surface area contributed by atoms with Crippen LogP contribution in [0.25, 0.3) is 10.2 Å². The molecule has 1 aliphatic heterocycles. The summed E-state index contributed by atoms with van der Waals surface area (Å²) in [6, 6.07) is 9.35. The van der Waals surface area contributed by atoms with Crippen LogP contribution in [0, 0.1) is 11.3 Å². The molecule has 4 rings (SSSR count). The first-order chi connectivity index (χ1) is 16.7. The minimum atomic E-state index is -0.581. The van der Waals surface area contributed by atoms with Crippen LogP contribution in [0.2, 0.25) is 0 Å². The van der Waals surface area contributed by atoms with Gasteiger partial charge in [0, 0.05) is 31.6 Å². The maximum absolute atomic E-state index is 13.6. The van der Waals surface area contributed by atoms with E-state index in [0.29, 0.717) is 34.8 Å². The maximum atomic E-state index is 13.6. The molecular formula is C25H30N6O3S. The predicted molar refractivity (Wildman–Crippen MR) is 138 cm³/mol. The lowest BCUT2D eigenvalue weighted by Crippen LogP contribution is -2.50. The number of nitriles is 1. The van der Waals surface area contributed by atoms with Gasteiger partial charge < -0.3 is 20.3 Å². The van der Waals surface area contributed by atoms with Gasteiger partial charge >= 0.3 is 6.09 Å². The number of carbonyl (C=O) groups is 1. The monoisotopic (exact) mass is 494 g/mol. The number of nitrogens with zero attached hydrogens (tertiary/aromatic N) is 4. The lowest BCUT2D eigenvalue weighted by atomic mass is 10.1. The third-order valence-electron chi connectivity index (χ3n) is 5.82. The highest BCUT2D eigenvalue weighted by Gasteiger charge is 2.28. The number of nitrogens with one attached hydrogen (secondary N) is 2. The molecule has 9 nitrogen and oxygen atoms in total. The third-order valence-corrected chi connectivity index (χ3v) is 6.78. The van der Waals surface area contributed by atoms with Gasteiger partial charge in [-0.1, -0.05) is 18.2 Å². The van der Waals surface area contributed by atoms with E-state index in [1.54, 1.807) is 17.7 Å². The largest absolute Gasteiger partial charge is 0.444 e. The van der Waals surface area contributed by atoms with Crippen molar-refractivity contribution in [3.05, 3.63) is 51.1 Å². The van der Waals surface area contributed by atoms with Crippen molar-refractivity contribution in [2.24, 2.45) is 0 Å². The van der Waals surface area contributed by atoms with Crippen molar-refractivity contribution in [1.82, 2.24) is 14.9 Å². The van der Waals surface area contributed by atoms with E-state index in [4.69, 9.17) is 9.72 Å². The average molecular weight is 495 g/mol. The lowest BCUT2D eigenvalue weighted by molar-refractivity contribution is 0.0499. The van der Waals surface area contributed by atoms with Crippen molar-refractivity contribution in [2.75, 3.05) is 30.4 Å². The fraction of sp³-hybridized carbons (Fsp3) is 0.440. The van der Waals surface area contributed by atoms with E-state index in [1.807, 2.05) is 49.3 Å². The van der Waals surface area contributed by atoms with E-state index in [1.165, 1.54) is 11.3 Å². The Bertz CT molecular complexity index is 1330. The number of hydrogen-bond donors (Lipinski definition) is 2. The Morgan fingerprint density at radius 2 is 2.11 bits per heavy atom. The molecule has 1 atom stereocenters. The van der Waals surface area contributed by atoms with E-state index in [2.05, 4.69) is 16.7 Å². The maximum Gasteiger partial charge on any atom is 0.407 e. The van der Waals surface area contributed by atoms with Crippen molar-refractivity contribution in [3.8, 4) is 6.07 Å². The number of rotatable bonds is 5. The molecule has 3 heterocycles. The van der Waals surface area contributed by atoms with Crippen LogP contribution in [0.1, 0.15) is 44.7 Å². The van der Waals surface area contributed by atoms with Crippen LogP contribution in [-0.4, -0.2) is 47.4 Å². The SMILES string of the molecule is CNc1csc2c(=O)n(Cc3ccccc3C#N)c(N3CCC[C@@H](NC(=O)OC(C)(C)C)C3)nc12. The van der Waals surface area contributed by atoms with Crippen molar-refractivity contribution < 1.29 is 9.53 Å². The number of ether oxygens (including phenoxy) is 1. The fourth-order valence-electron chi connectivity index (χ4n) is 4.24. The predicted octanol–water partition coefficient (Wildman–Crippen LogP) is 3.91. The highest BCUT2D eigenvalue weighted by molar-refractivity contribution is 7.17. The van der Waals surface area contributed by atoms with E-state index >= 15 is 0 Å². The Labute approximate surface area is 208 Å². The molecule has 1 aromatic carbocycles. The van der Waals surface area contributed by atoms with Crippen LogP contribution < -0.4 is 21.1 Å². The molecule has 0 aliphatic carbocycles. The summed E-state index contributed by atoms with van der Waals surface area (Å²) in [4.78, 5) is 33.0. The van der Waals surface area contributed by atoms with Crippen LogP contribution in [0.5, 0.6) is 0 Å². The number of benzene rings is 1. The first-order valence-corrected chi connectivity index (χ1v) is 12.5. The number of carbonyl (C=O) groups excluding carboxylic acids is 1. The van der Waals surface area contributed by atoms with Crippen LogP contribution in [0.4, 0.5) is 16.4 Å². The zero-order chi connectivity index (χ0) is 25.2. The van der Waals surface area contributed by atoms with Crippen LogP contribution >= 0.6 is 11.3 Å². The second-order valence-corrected chi connectivity index (χ2v) is 10.5. The van der Waals surface area contributed by atoms with Gasteiger partial charge in [-0.3, -0.25) is 9.36 Å². The van der Waals surface area contributed by atoms with Crippen molar-refractivity contribution >= 4 is 39.3 Å². The molecule has 1 aliphatic rings. The Balaban J connectivity index is 1.72. The molecule has 2 aromatic heterocycles. The molecule has 0 spiro atoms. The summed E-state index contributed by atoms with van der Waals surface area (Å²) in [7, 11) is 1.80. The first-order valence-electron chi connectivity index (χ1n) is 11.6. The van der Waals surface area contributed by atoms with E-state index < -0.39 is 11.7 Å². The highest BCUT2D eigenvalue weighted by atomic mass is 32.1. The van der Waals surface area contributed by atoms with E-state index in [-0.39, 0.29) is 18.1 Å². The molecule has 1 amide bonds. The van der Waals surface area contributed by atoms with Crippen LogP contribution in [0.15, 0.2) is 34.4 Å². The summed E-state index contributed by atoms with van der Waals surface area (Å²) in [5.41, 5.74) is 1.98. The number of aromatic nitrogens is 2. The van der Waals surface area contributed by atoms with E-state index in [0.717, 1.165) is 24.1 Å². The molecule has 0 bridgehead atoms. The number of hydrogen-bond acceptors (Lipinski definition) is 8. The number of alkyl carbamates (subject to hydrolysis) is 1.